The maximum atomic E-state index is 12.0. The highest BCUT2D eigenvalue weighted by atomic mass is 16.2. The van der Waals surface area contributed by atoms with Crippen LogP contribution in [-0.4, -0.2) is 16.7 Å². The van der Waals surface area contributed by atoms with E-state index in [-0.39, 0.29) is 5.91 Å². The van der Waals surface area contributed by atoms with E-state index in [4.69, 9.17) is 0 Å². The van der Waals surface area contributed by atoms with Crippen molar-refractivity contribution in [3.63, 3.8) is 0 Å². The SMILES string of the molecule is Cc1cccc(-n2c(C)cc(/C=N\NC(=O)Cc3ccccc3)c2C)c1. The van der Waals surface area contributed by atoms with E-state index in [1.165, 1.54) is 5.56 Å². The Labute approximate surface area is 154 Å². The van der Waals surface area contributed by atoms with Gasteiger partial charge in [-0.25, -0.2) is 5.43 Å². The second-order valence-corrected chi connectivity index (χ2v) is 6.46. The fourth-order valence-corrected chi connectivity index (χ4v) is 3.08. The minimum Gasteiger partial charge on any atom is -0.318 e. The molecule has 0 saturated heterocycles. The highest BCUT2D eigenvalue weighted by Crippen LogP contribution is 2.20. The van der Waals surface area contributed by atoms with Crippen LogP contribution in [0.3, 0.4) is 0 Å². The topological polar surface area (TPSA) is 46.4 Å². The average molecular weight is 345 g/mol. The summed E-state index contributed by atoms with van der Waals surface area (Å²) < 4.78 is 2.19. The van der Waals surface area contributed by atoms with E-state index < -0.39 is 0 Å². The normalized spacial score (nSPS) is 11.0. The largest absolute Gasteiger partial charge is 0.318 e. The third-order valence-corrected chi connectivity index (χ3v) is 4.33. The molecule has 4 nitrogen and oxygen atoms in total. The number of aromatic nitrogens is 1. The van der Waals surface area contributed by atoms with E-state index in [1.807, 2.05) is 30.3 Å². The van der Waals surface area contributed by atoms with Crippen molar-refractivity contribution in [3.8, 4) is 5.69 Å². The predicted octanol–water partition coefficient (Wildman–Crippen LogP) is 4.10. The van der Waals surface area contributed by atoms with E-state index in [9.17, 15) is 4.79 Å². The first kappa shape index (κ1) is 17.7. The number of aryl methyl sites for hydroxylation is 2. The van der Waals surface area contributed by atoms with Crippen LogP contribution in [0.15, 0.2) is 65.8 Å². The van der Waals surface area contributed by atoms with E-state index >= 15 is 0 Å². The van der Waals surface area contributed by atoms with Crippen LogP contribution in [0.2, 0.25) is 0 Å². The lowest BCUT2D eigenvalue weighted by Crippen LogP contribution is -2.19. The van der Waals surface area contributed by atoms with Crippen LogP contribution in [-0.2, 0) is 11.2 Å². The van der Waals surface area contributed by atoms with Gasteiger partial charge in [0, 0.05) is 22.6 Å². The Balaban J connectivity index is 1.71. The Kier molecular flexibility index (Phi) is 5.32. The number of nitrogens with one attached hydrogen (secondary N) is 1. The van der Waals surface area contributed by atoms with Crippen LogP contribution in [0.25, 0.3) is 5.69 Å². The van der Waals surface area contributed by atoms with Crippen molar-refractivity contribution < 1.29 is 4.79 Å². The molecule has 0 atom stereocenters. The average Bonchev–Trinajstić information content (AvgIpc) is 2.89. The molecule has 3 rings (SSSR count). The lowest BCUT2D eigenvalue weighted by atomic mass is 10.1. The highest BCUT2D eigenvalue weighted by molar-refractivity contribution is 5.84. The summed E-state index contributed by atoms with van der Waals surface area (Å²) in [6, 6.07) is 20.1. The molecular formula is C22H23N3O. The van der Waals surface area contributed by atoms with Crippen molar-refractivity contribution in [2.45, 2.75) is 27.2 Å². The number of hydrazone groups is 1. The third kappa shape index (κ3) is 4.09. The van der Waals surface area contributed by atoms with Gasteiger partial charge in [0.1, 0.15) is 0 Å². The molecule has 0 spiro atoms. The van der Waals surface area contributed by atoms with Crippen LogP contribution in [0.4, 0.5) is 0 Å². The van der Waals surface area contributed by atoms with Gasteiger partial charge < -0.3 is 4.57 Å². The molecule has 2 aromatic carbocycles. The van der Waals surface area contributed by atoms with Crippen LogP contribution in [0.1, 0.15) is 28.1 Å². The molecule has 0 bridgehead atoms. The van der Waals surface area contributed by atoms with Crippen LogP contribution >= 0.6 is 0 Å². The third-order valence-electron chi connectivity index (χ3n) is 4.33. The van der Waals surface area contributed by atoms with E-state index in [0.717, 1.165) is 28.2 Å². The number of rotatable bonds is 5. The van der Waals surface area contributed by atoms with Gasteiger partial charge in [-0.3, -0.25) is 4.79 Å². The summed E-state index contributed by atoms with van der Waals surface area (Å²) in [7, 11) is 0. The molecule has 0 aliphatic heterocycles. The van der Waals surface area contributed by atoms with Gasteiger partial charge in [0.25, 0.3) is 0 Å². The number of hydrogen-bond acceptors (Lipinski definition) is 2. The lowest BCUT2D eigenvalue weighted by molar-refractivity contribution is -0.120. The molecule has 0 unspecified atom stereocenters. The first-order valence-corrected chi connectivity index (χ1v) is 8.66. The van der Waals surface area contributed by atoms with Gasteiger partial charge in [0.15, 0.2) is 0 Å². The maximum absolute atomic E-state index is 12.0. The quantitative estimate of drug-likeness (QED) is 0.549. The van der Waals surface area contributed by atoms with Gasteiger partial charge >= 0.3 is 0 Å². The summed E-state index contributed by atoms with van der Waals surface area (Å²) in [5.41, 5.74) is 9.14. The van der Waals surface area contributed by atoms with Gasteiger partial charge in [-0.05, 0) is 50.1 Å². The number of benzene rings is 2. The molecule has 0 fully saturated rings. The van der Waals surface area contributed by atoms with E-state index in [1.54, 1.807) is 6.21 Å². The molecule has 0 radical (unpaired) electrons. The zero-order chi connectivity index (χ0) is 18.5. The molecule has 0 saturated carbocycles. The van der Waals surface area contributed by atoms with Crippen molar-refractivity contribution in [1.82, 2.24) is 9.99 Å². The summed E-state index contributed by atoms with van der Waals surface area (Å²) in [5.74, 6) is -0.125. The summed E-state index contributed by atoms with van der Waals surface area (Å²) in [4.78, 5) is 12.0. The van der Waals surface area contributed by atoms with Gasteiger partial charge in [0.2, 0.25) is 5.91 Å². The van der Waals surface area contributed by atoms with Gasteiger partial charge in [0.05, 0.1) is 12.6 Å². The molecule has 132 valence electrons. The van der Waals surface area contributed by atoms with Crippen molar-refractivity contribution in [2.24, 2.45) is 5.10 Å². The Hall–Kier alpha value is -3.14. The molecule has 3 aromatic rings. The summed E-state index contributed by atoms with van der Waals surface area (Å²) in [6.07, 6.45) is 2.03. The number of amides is 1. The minimum absolute atomic E-state index is 0.125. The molecule has 1 amide bonds. The standard InChI is InChI=1S/C22H23N3O/c1-16-8-7-11-21(12-16)25-17(2)13-20(18(25)3)15-23-24-22(26)14-19-9-5-4-6-10-19/h4-13,15H,14H2,1-3H3,(H,24,26)/b23-15-. The van der Waals surface area contributed by atoms with Crippen molar-refractivity contribution >= 4 is 12.1 Å². The fraction of sp³-hybridized carbons (Fsp3) is 0.182. The Morgan fingerprint density at radius 1 is 1.04 bits per heavy atom. The zero-order valence-electron chi connectivity index (χ0n) is 15.4. The molecule has 1 N–H and O–H groups in total. The smallest absolute Gasteiger partial charge is 0.244 e. The molecular weight excluding hydrogens is 322 g/mol. The van der Waals surface area contributed by atoms with Gasteiger partial charge in [-0.1, -0.05) is 42.5 Å². The minimum atomic E-state index is -0.125. The molecule has 1 aromatic heterocycles. The van der Waals surface area contributed by atoms with E-state index in [0.29, 0.717) is 6.42 Å². The molecule has 4 heteroatoms. The van der Waals surface area contributed by atoms with E-state index in [2.05, 4.69) is 66.2 Å². The lowest BCUT2D eigenvalue weighted by Gasteiger charge is -2.10. The Bertz CT molecular complexity index is 939. The first-order chi connectivity index (χ1) is 12.5. The Morgan fingerprint density at radius 2 is 1.81 bits per heavy atom. The summed E-state index contributed by atoms with van der Waals surface area (Å²) >= 11 is 0. The highest BCUT2D eigenvalue weighted by Gasteiger charge is 2.09. The van der Waals surface area contributed by atoms with Crippen LogP contribution in [0.5, 0.6) is 0 Å². The molecule has 0 aliphatic rings. The second-order valence-electron chi connectivity index (χ2n) is 6.46. The summed E-state index contributed by atoms with van der Waals surface area (Å²) in [6.45, 7) is 6.21. The molecule has 0 aliphatic carbocycles. The van der Waals surface area contributed by atoms with Crippen LogP contribution < -0.4 is 5.43 Å². The first-order valence-electron chi connectivity index (χ1n) is 8.66. The number of carbonyl (C=O) groups excluding carboxylic acids is 1. The number of carbonyl (C=O) groups is 1. The van der Waals surface area contributed by atoms with Crippen molar-refractivity contribution in [3.05, 3.63) is 88.7 Å². The predicted molar refractivity (Wildman–Crippen MR) is 106 cm³/mol. The van der Waals surface area contributed by atoms with Gasteiger partial charge in [-0.15, -0.1) is 0 Å². The van der Waals surface area contributed by atoms with Crippen molar-refractivity contribution in [2.75, 3.05) is 0 Å². The number of nitrogens with zero attached hydrogens (tertiary/aromatic N) is 2. The number of hydrogen-bond donors (Lipinski definition) is 1. The van der Waals surface area contributed by atoms with Gasteiger partial charge in [-0.2, -0.15) is 5.10 Å². The summed E-state index contributed by atoms with van der Waals surface area (Å²) in [5, 5.41) is 4.13. The monoisotopic (exact) mass is 345 g/mol. The maximum Gasteiger partial charge on any atom is 0.244 e. The fourth-order valence-electron chi connectivity index (χ4n) is 3.08. The molecule has 26 heavy (non-hydrogen) atoms. The zero-order valence-corrected chi connectivity index (χ0v) is 15.4. The molecule has 1 heterocycles. The van der Waals surface area contributed by atoms with Crippen LogP contribution in [0, 0.1) is 20.8 Å². The Morgan fingerprint density at radius 3 is 2.54 bits per heavy atom. The second kappa shape index (κ2) is 7.83. The van der Waals surface area contributed by atoms with Crippen molar-refractivity contribution in [1.29, 1.82) is 0 Å².